The predicted molar refractivity (Wildman–Crippen MR) is 78.9 cm³/mol. The molecule has 5 nitrogen and oxygen atoms in total. The van der Waals surface area contributed by atoms with Gasteiger partial charge < -0.3 is 15.0 Å². The Morgan fingerprint density at radius 3 is 3.00 bits per heavy atom. The summed E-state index contributed by atoms with van der Waals surface area (Å²) >= 11 is 1.72. The molecule has 0 spiro atoms. The molecule has 19 heavy (non-hydrogen) atoms. The van der Waals surface area contributed by atoms with Gasteiger partial charge in [-0.25, -0.2) is 9.97 Å². The van der Waals surface area contributed by atoms with E-state index in [1.807, 2.05) is 23.8 Å². The van der Waals surface area contributed by atoms with Crippen LogP contribution in [0.15, 0.2) is 29.4 Å². The lowest BCUT2D eigenvalue weighted by molar-refractivity contribution is 1.06. The number of hydrogen-bond acceptors (Lipinski definition) is 5. The summed E-state index contributed by atoms with van der Waals surface area (Å²) in [7, 11) is 1.86. The van der Waals surface area contributed by atoms with Crippen LogP contribution in [0.3, 0.4) is 0 Å². The molecule has 0 aliphatic heterocycles. The fourth-order valence-electron chi connectivity index (χ4n) is 1.92. The molecule has 0 saturated heterocycles. The Morgan fingerprint density at radius 2 is 2.26 bits per heavy atom. The topological polar surface area (TPSA) is 54.2 Å². The number of imidazole rings is 1. The zero-order valence-corrected chi connectivity index (χ0v) is 11.7. The molecule has 3 aromatic heterocycles. The van der Waals surface area contributed by atoms with E-state index in [0.717, 1.165) is 23.8 Å². The van der Waals surface area contributed by atoms with E-state index in [1.54, 1.807) is 17.5 Å². The number of thiophene rings is 1. The van der Waals surface area contributed by atoms with Crippen LogP contribution in [-0.2, 0) is 6.54 Å². The summed E-state index contributed by atoms with van der Waals surface area (Å²) in [5.41, 5.74) is 3.44. The van der Waals surface area contributed by atoms with Crippen LogP contribution in [0.4, 0.5) is 11.6 Å². The van der Waals surface area contributed by atoms with Crippen LogP contribution in [-0.4, -0.2) is 21.4 Å². The van der Waals surface area contributed by atoms with Gasteiger partial charge in [-0.15, -0.1) is 0 Å². The highest BCUT2D eigenvalue weighted by Crippen LogP contribution is 2.19. The first-order valence-corrected chi connectivity index (χ1v) is 6.99. The highest BCUT2D eigenvalue weighted by atomic mass is 32.1. The molecule has 6 heteroatoms. The molecule has 3 aromatic rings. The standard InChI is InChI=1S/C13H15N5S/c1-9-7-19-8-10(9)5-16-12-13-15-3-4-18(13)6-11(14-2)17-12/h3-4,6-8,14H,5H2,1-2H3,(H,16,17). The molecular formula is C13H15N5S. The Hall–Kier alpha value is -2.08. The van der Waals surface area contributed by atoms with Gasteiger partial charge in [0.15, 0.2) is 11.5 Å². The van der Waals surface area contributed by atoms with Crippen molar-refractivity contribution in [3.05, 3.63) is 40.5 Å². The number of aryl methyl sites for hydroxylation is 1. The largest absolute Gasteiger partial charge is 0.372 e. The Balaban J connectivity index is 1.91. The van der Waals surface area contributed by atoms with E-state index in [4.69, 9.17) is 0 Å². The normalized spacial score (nSPS) is 10.8. The Morgan fingerprint density at radius 1 is 1.37 bits per heavy atom. The van der Waals surface area contributed by atoms with Crippen molar-refractivity contribution in [3.63, 3.8) is 0 Å². The maximum Gasteiger partial charge on any atom is 0.180 e. The van der Waals surface area contributed by atoms with Gasteiger partial charge >= 0.3 is 0 Å². The molecule has 3 heterocycles. The summed E-state index contributed by atoms with van der Waals surface area (Å²) in [6, 6.07) is 0. The van der Waals surface area contributed by atoms with E-state index >= 15 is 0 Å². The van der Waals surface area contributed by atoms with Gasteiger partial charge in [0.05, 0.1) is 6.20 Å². The van der Waals surface area contributed by atoms with Gasteiger partial charge in [0.1, 0.15) is 5.82 Å². The maximum absolute atomic E-state index is 4.52. The number of anilines is 2. The van der Waals surface area contributed by atoms with Crippen molar-refractivity contribution in [1.29, 1.82) is 0 Å². The van der Waals surface area contributed by atoms with E-state index in [9.17, 15) is 0 Å². The van der Waals surface area contributed by atoms with Gasteiger partial charge in [-0.1, -0.05) is 0 Å². The molecule has 98 valence electrons. The lowest BCUT2D eigenvalue weighted by Crippen LogP contribution is -2.06. The number of rotatable bonds is 4. The minimum absolute atomic E-state index is 0.762. The smallest absolute Gasteiger partial charge is 0.180 e. The Labute approximate surface area is 115 Å². The van der Waals surface area contributed by atoms with Crippen LogP contribution in [0.1, 0.15) is 11.1 Å². The van der Waals surface area contributed by atoms with E-state index < -0.39 is 0 Å². The van der Waals surface area contributed by atoms with Crippen molar-refractivity contribution >= 4 is 28.6 Å². The molecule has 0 amide bonds. The number of nitrogens with one attached hydrogen (secondary N) is 2. The average molecular weight is 273 g/mol. The van der Waals surface area contributed by atoms with Gasteiger partial charge in [0.2, 0.25) is 0 Å². The highest BCUT2D eigenvalue weighted by Gasteiger charge is 2.07. The van der Waals surface area contributed by atoms with Crippen molar-refractivity contribution in [1.82, 2.24) is 14.4 Å². The lowest BCUT2D eigenvalue weighted by atomic mass is 10.2. The first-order chi connectivity index (χ1) is 9.28. The summed E-state index contributed by atoms with van der Waals surface area (Å²) in [4.78, 5) is 8.85. The maximum atomic E-state index is 4.52. The first kappa shape index (κ1) is 12.0. The van der Waals surface area contributed by atoms with Gasteiger partial charge in [0.25, 0.3) is 0 Å². The second-order valence-corrected chi connectivity index (χ2v) is 5.06. The fourth-order valence-corrected chi connectivity index (χ4v) is 2.77. The summed E-state index contributed by atoms with van der Waals surface area (Å²) in [6.07, 6.45) is 5.61. The van der Waals surface area contributed by atoms with Crippen molar-refractivity contribution in [3.8, 4) is 0 Å². The zero-order valence-electron chi connectivity index (χ0n) is 10.8. The molecule has 3 rings (SSSR count). The van der Waals surface area contributed by atoms with Crippen LogP contribution in [0.5, 0.6) is 0 Å². The Kier molecular flexibility index (Phi) is 3.08. The van der Waals surface area contributed by atoms with Crippen LogP contribution < -0.4 is 10.6 Å². The summed E-state index contributed by atoms with van der Waals surface area (Å²) in [5.74, 6) is 1.61. The second kappa shape index (κ2) is 4.89. The molecule has 0 radical (unpaired) electrons. The van der Waals surface area contributed by atoms with Crippen LogP contribution in [0.2, 0.25) is 0 Å². The fraction of sp³-hybridized carbons (Fsp3) is 0.231. The molecular weight excluding hydrogens is 258 g/mol. The number of aromatic nitrogens is 3. The average Bonchev–Trinajstić information content (AvgIpc) is 3.04. The molecule has 0 unspecified atom stereocenters. The minimum atomic E-state index is 0.762. The summed E-state index contributed by atoms with van der Waals surface area (Å²) in [6.45, 7) is 2.88. The lowest BCUT2D eigenvalue weighted by Gasteiger charge is -2.09. The molecule has 0 saturated carbocycles. The number of fused-ring (bicyclic) bond motifs is 1. The van der Waals surface area contributed by atoms with E-state index in [-0.39, 0.29) is 0 Å². The third kappa shape index (κ3) is 2.26. The van der Waals surface area contributed by atoms with E-state index in [0.29, 0.717) is 0 Å². The second-order valence-electron chi connectivity index (χ2n) is 4.32. The van der Waals surface area contributed by atoms with Crippen molar-refractivity contribution in [2.24, 2.45) is 0 Å². The zero-order chi connectivity index (χ0) is 13.2. The molecule has 0 aliphatic rings. The van der Waals surface area contributed by atoms with Gasteiger partial charge in [-0.05, 0) is 28.8 Å². The third-order valence-electron chi connectivity index (χ3n) is 3.04. The number of nitrogens with zero attached hydrogens (tertiary/aromatic N) is 3. The van der Waals surface area contributed by atoms with Crippen LogP contribution in [0.25, 0.3) is 5.65 Å². The minimum Gasteiger partial charge on any atom is -0.372 e. The first-order valence-electron chi connectivity index (χ1n) is 6.05. The summed E-state index contributed by atoms with van der Waals surface area (Å²) < 4.78 is 1.96. The van der Waals surface area contributed by atoms with Crippen molar-refractivity contribution in [2.75, 3.05) is 17.7 Å². The van der Waals surface area contributed by atoms with Gasteiger partial charge in [-0.2, -0.15) is 11.3 Å². The Bertz CT molecular complexity index is 700. The van der Waals surface area contributed by atoms with Crippen LogP contribution in [0, 0.1) is 6.92 Å². The third-order valence-corrected chi connectivity index (χ3v) is 3.95. The van der Waals surface area contributed by atoms with E-state index in [2.05, 4.69) is 38.3 Å². The predicted octanol–water partition coefficient (Wildman–Crippen LogP) is 2.75. The SMILES string of the molecule is CNc1cn2ccnc2c(NCc2cscc2C)n1. The number of hydrogen-bond donors (Lipinski definition) is 2. The highest BCUT2D eigenvalue weighted by molar-refractivity contribution is 7.08. The molecule has 0 aromatic carbocycles. The van der Waals surface area contributed by atoms with Crippen molar-refractivity contribution in [2.45, 2.75) is 13.5 Å². The monoisotopic (exact) mass is 273 g/mol. The van der Waals surface area contributed by atoms with Gasteiger partial charge in [-0.3, -0.25) is 0 Å². The molecule has 0 fully saturated rings. The molecule has 0 aliphatic carbocycles. The molecule has 0 bridgehead atoms. The van der Waals surface area contributed by atoms with Crippen LogP contribution >= 0.6 is 11.3 Å². The van der Waals surface area contributed by atoms with Gasteiger partial charge in [0, 0.05) is 26.0 Å². The summed E-state index contributed by atoms with van der Waals surface area (Å²) in [5, 5.41) is 10.7. The molecule has 0 atom stereocenters. The molecule has 2 N–H and O–H groups in total. The van der Waals surface area contributed by atoms with Crippen molar-refractivity contribution < 1.29 is 0 Å². The quantitative estimate of drug-likeness (QED) is 0.767. The van der Waals surface area contributed by atoms with E-state index in [1.165, 1.54) is 11.1 Å².